The zero-order valence-corrected chi connectivity index (χ0v) is 12.5. The van der Waals surface area contributed by atoms with Crippen LogP contribution in [0.15, 0.2) is 0 Å². The molecular weight excluding hydrogens is 220 g/mol. The Morgan fingerprint density at radius 3 is 2.39 bits per heavy atom. The fourth-order valence-electron chi connectivity index (χ4n) is 4.25. The van der Waals surface area contributed by atoms with E-state index in [9.17, 15) is 0 Å². The maximum Gasteiger partial charge on any atom is 0.0331 e. The molecule has 2 aliphatic rings. The molecule has 2 rings (SSSR count). The van der Waals surface area contributed by atoms with Crippen LogP contribution >= 0.6 is 0 Å². The minimum absolute atomic E-state index is 0.318. The van der Waals surface area contributed by atoms with Crippen LogP contribution in [0.4, 0.5) is 0 Å². The highest BCUT2D eigenvalue weighted by Gasteiger charge is 2.39. The van der Waals surface area contributed by atoms with Gasteiger partial charge in [0.15, 0.2) is 0 Å². The van der Waals surface area contributed by atoms with Gasteiger partial charge >= 0.3 is 0 Å². The van der Waals surface area contributed by atoms with Gasteiger partial charge in [-0.1, -0.05) is 39.0 Å². The highest BCUT2D eigenvalue weighted by Crippen LogP contribution is 2.38. The summed E-state index contributed by atoms with van der Waals surface area (Å²) < 4.78 is 0. The molecular formula is C16H32N2. The largest absolute Gasteiger partial charge is 0.329 e. The van der Waals surface area contributed by atoms with E-state index < -0.39 is 0 Å². The Morgan fingerprint density at radius 1 is 1.06 bits per heavy atom. The molecule has 0 spiro atoms. The van der Waals surface area contributed by atoms with Crippen LogP contribution in [0.25, 0.3) is 0 Å². The van der Waals surface area contributed by atoms with E-state index in [-0.39, 0.29) is 0 Å². The third kappa shape index (κ3) is 2.91. The van der Waals surface area contributed by atoms with Crippen LogP contribution < -0.4 is 5.73 Å². The van der Waals surface area contributed by atoms with Crippen LogP contribution in [-0.2, 0) is 0 Å². The summed E-state index contributed by atoms with van der Waals surface area (Å²) in [6.45, 7) is 3.21. The Kier molecular flexibility index (Phi) is 5.08. The van der Waals surface area contributed by atoms with Gasteiger partial charge in [0.1, 0.15) is 0 Å². The molecule has 106 valence electrons. The van der Waals surface area contributed by atoms with E-state index >= 15 is 0 Å². The monoisotopic (exact) mass is 252 g/mol. The summed E-state index contributed by atoms with van der Waals surface area (Å²) in [6, 6.07) is 0.812. The van der Waals surface area contributed by atoms with Crippen LogP contribution in [-0.4, -0.2) is 30.1 Å². The zero-order valence-electron chi connectivity index (χ0n) is 12.5. The van der Waals surface area contributed by atoms with E-state index in [0.29, 0.717) is 5.54 Å². The minimum Gasteiger partial charge on any atom is -0.329 e. The van der Waals surface area contributed by atoms with Crippen molar-refractivity contribution in [3.05, 3.63) is 0 Å². The first-order valence-corrected chi connectivity index (χ1v) is 8.15. The normalized spacial score (nSPS) is 35.0. The second kappa shape index (κ2) is 6.38. The summed E-state index contributed by atoms with van der Waals surface area (Å²) in [4.78, 5) is 2.69. The lowest BCUT2D eigenvalue weighted by Gasteiger charge is -2.44. The molecule has 0 amide bonds. The SMILES string of the molecule is CCC1CCCC(CN)(N(C)C2CCCC2)CC1. The quantitative estimate of drug-likeness (QED) is 0.775. The summed E-state index contributed by atoms with van der Waals surface area (Å²) in [6.07, 6.45) is 13.9. The Balaban J connectivity index is 2.03. The molecule has 2 saturated carbocycles. The summed E-state index contributed by atoms with van der Waals surface area (Å²) in [5.74, 6) is 0.954. The second-order valence-electron chi connectivity index (χ2n) is 6.68. The lowest BCUT2D eigenvalue weighted by molar-refractivity contribution is 0.0636. The molecule has 0 radical (unpaired) electrons. The van der Waals surface area contributed by atoms with Gasteiger partial charge < -0.3 is 5.73 Å². The second-order valence-corrected chi connectivity index (χ2v) is 6.68. The molecule has 0 heterocycles. The predicted molar refractivity (Wildman–Crippen MR) is 78.7 cm³/mol. The average molecular weight is 252 g/mol. The van der Waals surface area contributed by atoms with Crippen molar-refractivity contribution in [1.82, 2.24) is 4.90 Å². The number of hydrogen-bond acceptors (Lipinski definition) is 2. The standard InChI is InChI=1S/C16H32N2/c1-3-14-7-6-11-16(13-17,12-10-14)18(2)15-8-4-5-9-15/h14-15H,3-13,17H2,1-2H3. The Hall–Kier alpha value is -0.0800. The molecule has 2 N–H and O–H groups in total. The van der Waals surface area contributed by atoms with Crippen molar-refractivity contribution in [3.63, 3.8) is 0 Å². The topological polar surface area (TPSA) is 29.3 Å². The molecule has 2 heteroatoms. The number of nitrogens with two attached hydrogens (primary N) is 1. The third-order valence-electron chi connectivity index (χ3n) is 5.85. The van der Waals surface area contributed by atoms with Gasteiger partial charge in [-0.25, -0.2) is 0 Å². The predicted octanol–water partition coefficient (Wildman–Crippen LogP) is 3.55. The summed E-state index contributed by atoms with van der Waals surface area (Å²) in [5, 5.41) is 0. The highest BCUT2D eigenvalue weighted by molar-refractivity contribution is 4.96. The molecule has 0 aromatic carbocycles. The fraction of sp³-hybridized carbons (Fsp3) is 1.00. The molecule has 0 bridgehead atoms. The van der Waals surface area contributed by atoms with Crippen LogP contribution in [0.3, 0.4) is 0 Å². The Labute approximate surface area is 113 Å². The van der Waals surface area contributed by atoms with Gasteiger partial charge in [0.2, 0.25) is 0 Å². The zero-order chi connectivity index (χ0) is 13.0. The van der Waals surface area contributed by atoms with E-state index in [2.05, 4.69) is 18.9 Å². The first kappa shape index (κ1) is 14.3. The van der Waals surface area contributed by atoms with Crippen molar-refractivity contribution >= 4 is 0 Å². The van der Waals surface area contributed by atoms with Crippen molar-refractivity contribution in [1.29, 1.82) is 0 Å². The molecule has 2 unspecified atom stereocenters. The van der Waals surface area contributed by atoms with Gasteiger partial charge in [-0.2, -0.15) is 0 Å². The van der Waals surface area contributed by atoms with Crippen molar-refractivity contribution < 1.29 is 0 Å². The lowest BCUT2D eigenvalue weighted by atomic mass is 9.86. The van der Waals surface area contributed by atoms with E-state index in [4.69, 9.17) is 5.73 Å². The maximum atomic E-state index is 6.22. The average Bonchev–Trinajstić information content (AvgIpc) is 2.84. The van der Waals surface area contributed by atoms with Crippen LogP contribution in [0.1, 0.15) is 71.1 Å². The highest BCUT2D eigenvalue weighted by atomic mass is 15.2. The van der Waals surface area contributed by atoms with E-state index in [1.807, 2.05) is 0 Å². The van der Waals surface area contributed by atoms with Gasteiger partial charge in [-0.05, 0) is 45.1 Å². The molecule has 2 aliphatic carbocycles. The molecule has 0 aromatic rings. The minimum atomic E-state index is 0.318. The van der Waals surface area contributed by atoms with Crippen molar-refractivity contribution in [2.45, 2.75) is 82.7 Å². The van der Waals surface area contributed by atoms with E-state index in [0.717, 1.165) is 18.5 Å². The van der Waals surface area contributed by atoms with E-state index in [1.165, 1.54) is 64.2 Å². The van der Waals surface area contributed by atoms with Crippen molar-refractivity contribution in [2.75, 3.05) is 13.6 Å². The molecule has 0 saturated heterocycles. The van der Waals surface area contributed by atoms with Gasteiger partial charge in [0, 0.05) is 18.1 Å². The maximum absolute atomic E-state index is 6.22. The summed E-state index contributed by atoms with van der Waals surface area (Å²) >= 11 is 0. The fourth-order valence-corrected chi connectivity index (χ4v) is 4.25. The Bertz CT molecular complexity index is 247. The first-order chi connectivity index (χ1) is 8.72. The molecule has 2 nitrogen and oxygen atoms in total. The van der Waals surface area contributed by atoms with Crippen molar-refractivity contribution in [2.24, 2.45) is 11.7 Å². The van der Waals surface area contributed by atoms with Crippen molar-refractivity contribution in [3.8, 4) is 0 Å². The first-order valence-electron chi connectivity index (χ1n) is 8.15. The molecule has 2 atom stereocenters. The number of nitrogens with zero attached hydrogens (tertiary/aromatic N) is 1. The molecule has 2 fully saturated rings. The lowest BCUT2D eigenvalue weighted by Crippen LogP contribution is -2.55. The van der Waals surface area contributed by atoms with Crippen LogP contribution in [0.2, 0.25) is 0 Å². The number of hydrogen-bond donors (Lipinski definition) is 1. The van der Waals surface area contributed by atoms with Crippen LogP contribution in [0, 0.1) is 5.92 Å². The van der Waals surface area contributed by atoms with Gasteiger partial charge in [0.05, 0.1) is 0 Å². The number of rotatable bonds is 4. The smallest absolute Gasteiger partial charge is 0.0331 e. The number of likely N-dealkylation sites (N-methyl/N-ethyl adjacent to an activating group) is 1. The summed E-state index contributed by atoms with van der Waals surface area (Å²) in [5.41, 5.74) is 6.54. The van der Waals surface area contributed by atoms with Crippen LogP contribution in [0.5, 0.6) is 0 Å². The Morgan fingerprint density at radius 2 is 1.78 bits per heavy atom. The van der Waals surface area contributed by atoms with Gasteiger partial charge in [-0.15, -0.1) is 0 Å². The van der Waals surface area contributed by atoms with E-state index in [1.54, 1.807) is 0 Å². The van der Waals surface area contributed by atoms with Gasteiger partial charge in [-0.3, -0.25) is 4.90 Å². The molecule has 0 aromatic heterocycles. The van der Waals surface area contributed by atoms with Gasteiger partial charge in [0.25, 0.3) is 0 Å². The summed E-state index contributed by atoms with van der Waals surface area (Å²) in [7, 11) is 2.36. The molecule has 18 heavy (non-hydrogen) atoms. The third-order valence-corrected chi connectivity index (χ3v) is 5.85. The molecule has 0 aliphatic heterocycles.